The van der Waals surface area contributed by atoms with E-state index in [9.17, 15) is 4.79 Å². The fourth-order valence-electron chi connectivity index (χ4n) is 3.15. The number of rotatable bonds is 7. The molecule has 1 heterocycles. The Kier molecular flexibility index (Phi) is 6.83. The number of carbonyl (C=O) groups excluding carboxylic acids is 1. The number of hydrazone groups is 1. The third kappa shape index (κ3) is 5.05. The number of nitrogens with zero attached hydrogens (tertiary/aromatic N) is 1. The molecule has 1 amide bonds. The van der Waals surface area contributed by atoms with Gasteiger partial charge in [0.25, 0.3) is 5.91 Å². The Hall–Kier alpha value is -2.91. The largest absolute Gasteiger partial charge is 0.493 e. The van der Waals surface area contributed by atoms with Crippen LogP contribution in [0, 0.1) is 3.57 Å². The first-order chi connectivity index (χ1) is 15.2. The number of amides is 1. The van der Waals surface area contributed by atoms with Crippen molar-refractivity contribution in [1.29, 1.82) is 0 Å². The first-order valence-electron chi connectivity index (χ1n) is 9.49. The molecule has 0 unspecified atom stereocenters. The molecule has 31 heavy (non-hydrogen) atoms. The van der Waals surface area contributed by atoms with E-state index in [0.717, 1.165) is 14.7 Å². The normalized spacial score (nSPS) is 11.0. The van der Waals surface area contributed by atoms with Gasteiger partial charge in [0.1, 0.15) is 6.61 Å². The molecule has 1 N–H and O–H groups in total. The fraction of sp³-hybridized carbons (Fsp3) is 0.0833. The highest BCUT2D eigenvalue weighted by molar-refractivity contribution is 14.1. The topological polar surface area (TPSA) is 59.9 Å². The average molecular weight is 542 g/mol. The maximum absolute atomic E-state index is 12.0. The second kappa shape index (κ2) is 9.93. The Labute approximate surface area is 197 Å². The maximum atomic E-state index is 12.0. The quantitative estimate of drug-likeness (QED) is 0.181. The van der Waals surface area contributed by atoms with E-state index in [0.29, 0.717) is 23.0 Å². The molecular weight excluding hydrogens is 523 g/mol. The standard InChI is InChI=1S/C24H19IN2O3S/c1-29-21-13-16(14-26-27-24(28)22-10-5-11-31-22)12-20(25)23(21)30-15-18-8-4-7-17-6-2-3-9-19(17)18/h2-14H,15H2,1H3,(H,27,28)/b26-14-. The van der Waals surface area contributed by atoms with Gasteiger partial charge in [0.15, 0.2) is 11.5 Å². The van der Waals surface area contributed by atoms with E-state index in [2.05, 4.69) is 57.4 Å². The summed E-state index contributed by atoms with van der Waals surface area (Å²) in [5.74, 6) is 1.05. The molecule has 0 aliphatic rings. The monoisotopic (exact) mass is 542 g/mol. The van der Waals surface area contributed by atoms with Crippen LogP contribution < -0.4 is 14.9 Å². The van der Waals surface area contributed by atoms with Crippen LogP contribution in [0.25, 0.3) is 10.8 Å². The summed E-state index contributed by atoms with van der Waals surface area (Å²) < 4.78 is 12.6. The Morgan fingerprint density at radius 1 is 1.13 bits per heavy atom. The molecule has 0 radical (unpaired) electrons. The summed E-state index contributed by atoms with van der Waals surface area (Å²) in [6.07, 6.45) is 1.59. The van der Waals surface area contributed by atoms with Gasteiger partial charge in [-0.3, -0.25) is 4.79 Å². The van der Waals surface area contributed by atoms with Gasteiger partial charge in [-0.05, 0) is 68.1 Å². The van der Waals surface area contributed by atoms with E-state index in [-0.39, 0.29) is 5.91 Å². The Morgan fingerprint density at radius 3 is 2.77 bits per heavy atom. The van der Waals surface area contributed by atoms with Gasteiger partial charge in [-0.15, -0.1) is 11.3 Å². The number of fused-ring (bicyclic) bond motifs is 1. The summed E-state index contributed by atoms with van der Waals surface area (Å²) in [6.45, 7) is 0.429. The van der Waals surface area contributed by atoms with Crippen LogP contribution >= 0.6 is 33.9 Å². The van der Waals surface area contributed by atoms with Crippen molar-refractivity contribution in [2.75, 3.05) is 7.11 Å². The van der Waals surface area contributed by atoms with Crippen LogP contribution in [0.5, 0.6) is 11.5 Å². The number of benzene rings is 3. The van der Waals surface area contributed by atoms with Gasteiger partial charge >= 0.3 is 0 Å². The lowest BCUT2D eigenvalue weighted by molar-refractivity contribution is 0.0959. The number of carbonyl (C=O) groups is 1. The number of halogens is 1. The lowest BCUT2D eigenvalue weighted by Gasteiger charge is -2.14. The van der Waals surface area contributed by atoms with Crippen LogP contribution in [0.2, 0.25) is 0 Å². The predicted octanol–water partition coefficient (Wildman–Crippen LogP) is 5.86. The Balaban J connectivity index is 1.50. The predicted molar refractivity (Wildman–Crippen MR) is 133 cm³/mol. The third-order valence-corrected chi connectivity index (χ3v) is 6.30. The maximum Gasteiger partial charge on any atom is 0.281 e. The Bertz CT molecular complexity index is 1230. The van der Waals surface area contributed by atoms with E-state index < -0.39 is 0 Å². The Morgan fingerprint density at radius 2 is 1.97 bits per heavy atom. The first-order valence-corrected chi connectivity index (χ1v) is 11.5. The molecule has 5 nitrogen and oxygen atoms in total. The SMILES string of the molecule is COc1cc(/C=N\NC(=O)c2cccs2)cc(I)c1OCc1cccc2ccccc12. The first kappa shape index (κ1) is 21.3. The molecule has 1 aromatic heterocycles. The van der Waals surface area contributed by atoms with Crippen LogP contribution in [-0.2, 0) is 6.61 Å². The average Bonchev–Trinajstić information content (AvgIpc) is 3.33. The number of hydrogen-bond donors (Lipinski definition) is 1. The molecule has 0 aliphatic heterocycles. The van der Waals surface area contributed by atoms with Crippen molar-refractivity contribution in [1.82, 2.24) is 5.43 Å². The molecule has 4 rings (SSSR count). The summed E-state index contributed by atoms with van der Waals surface area (Å²) in [7, 11) is 1.61. The number of hydrogen-bond acceptors (Lipinski definition) is 5. The van der Waals surface area contributed by atoms with Crippen molar-refractivity contribution in [3.05, 3.63) is 91.7 Å². The highest BCUT2D eigenvalue weighted by Crippen LogP contribution is 2.34. The summed E-state index contributed by atoms with van der Waals surface area (Å²) >= 11 is 3.59. The molecule has 4 aromatic rings. The molecule has 0 fully saturated rings. The van der Waals surface area contributed by atoms with Crippen molar-refractivity contribution in [3.8, 4) is 11.5 Å². The van der Waals surface area contributed by atoms with Crippen LogP contribution in [0.1, 0.15) is 20.8 Å². The van der Waals surface area contributed by atoms with Crippen molar-refractivity contribution >= 4 is 56.8 Å². The lowest BCUT2D eigenvalue weighted by atomic mass is 10.1. The molecular formula is C24H19IN2O3S. The second-order valence-corrected chi connectivity index (χ2v) is 8.75. The number of ether oxygens (including phenoxy) is 2. The van der Waals surface area contributed by atoms with Crippen molar-refractivity contribution in [2.45, 2.75) is 6.61 Å². The van der Waals surface area contributed by atoms with Crippen molar-refractivity contribution in [2.24, 2.45) is 5.10 Å². The van der Waals surface area contributed by atoms with Gasteiger partial charge in [0, 0.05) is 0 Å². The highest BCUT2D eigenvalue weighted by Gasteiger charge is 2.12. The molecule has 3 aromatic carbocycles. The van der Waals surface area contributed by atoms with Crippen LogP contribution in [0.4, 0.5) is 0 Å². The summed E-state index contributed by atoms with van der Waals surface area (Å²) in [4.78, 5) is 12.6. The molecule has 0 atom stereocenters. The van der Waals surface area contributed by atoms with Gasteiger partial charge in [-0.2, -0.15) is 5.10 Å². The second-order valence-electron chi connectivity index (χ2n) is 6.64. The molecule has 156 valence electrons. The molecule has 0 saturated carbocycles. The van der Waals surface area contributed by atoms with Gasteiger partial charge in [-0.25, -0.2) is 5.43 Å². The van der Waals surface area contributed by atoms with Crippen LogP contribution in [-0.4, -0.2) is 19.2 Å². The van der Waals surface area contributed by atoms with Crippen LogP contribution in [0.15, 0.2) is 77.2 Å². The zero-order chi connectivity index (χ0) is 21.6. The van der Waals surface area contributed by atoms with E-state index >= 15 is 0 Å². The van der Waals surface area contributed by atoms with Crippen molar-refractivity contribution in [3.63, 3.8) is 0 Å². The zero-order valence-electron chi connectivity index (χ0n) is 16.7. The minimum atomic E-state index is -0.233. The minimum absolute atomic E-state index is 0.233. The fourth-order valence-corrected chi connectivity index (χ4v) is 4.55. The minimum Gasteiger partial charge on any atom is -0.493 e. The van der Waals surface area contributed by atoms with Gasteiger partial charge in [-0.1, -0.05) is 48.5 Å². The van der Waals surface area contributed by atoms with Crippen molar-refractivity contribution < 1.29 is 14.3 Å². The lowest BCUT2D eigenvalue weighted by Crippen LogP contribution is -2.16. The van der Waals surface area contributed by atoms with Gasteiger partial charge in [0.05, 0.1) is 21.8 Å². The summed E-state index contributed by atoms with van der Waals surface area (Å²) in [5, 5.41) is 8.26. The third-order valence-electron chi connectivity index (χ3n) is 4.63. The molecule has 0 saturated heterocycles. The number of thiophene rings is 1. The van der Waals surface area contributed by atoms with E-state index in [1.807, 2.05) is 41.8 Å². The molecule has 0 bridgehead atoms. The molecule has 0 spiro atoms. The number of nitrogens with one attached hydrogen (secondary N) is 1. The summed E-state index contributed by atoms with van der Waals surface area (Å²) in [6, 6.07) is 21.8. The molecule has 0 aliphatic carbocycles. The number of methoxy groups -OCH3 is 1. The van der Waals surface area contributed by atoms with Gasteiger partial charge < -0.3 is 9.47 Å². The van der Waals surface area contributed by atoms with E-state index in [1.165, 1.54) is 22.1 Å². The molecule has 7 heteroatoms. The summed E-state index contributed by atoms with van der Waals surface area (Å²) in [5.41, 5.74) is 4.44. The van der Waals surface area contributed by atoms with Gasteiger partial charge in [0.2, 0.25) is 0 Å². The van der Waals surface area contributed by atoms with E-state index in [4.69, 9.17) is 9.47 Å². The smallest absolute Gasteiger partial charge is 0.281 e. The van der Waals surface area contributed by atoms with E-state index in [1.54, 1.807) is 19.4 Å². The highest BCUT2D eigenvalue weighted by atomic mass is 127. The zero-order valence-corrected chi connectivity index (χ0v) is 19.6. The van der Waals surface area contributed by atoms with Crippen LogP contribution in [0.3, 0.4) is 0 Å².